The lowest BCUT2D eigenvalue weighted by atomic mass is 10.2. The van der Waals surface area contributed by atoms with Crippen LogP contribution in [0.4, 0.5) is 10.7 Å². The quantitative estimate of drug-likeness (QED) is 0.622. The molecule has 20 heavy (non-hydrogen) atoms. The van der Waals surface area contributed by atoms with E-state index in [0.29, 0.717) is 19.8 Å². The summed E-state index contributed by atoms with van der Waals surface area (Å²) in [5.41, 5.74) is 2.08. The van der Waals surface area contributed by atoms with Gasteiger partial charge in [-0.3, -0.25) is 10.1 Å². The summed E-state index contributed by atoms with van der Waals surface area (Å²) < 4.78 is 5.42. The van der Waals surface area contributed by atoms with Crippen LogP contribution < -0.4 is 5.32 Å². The SMILES string of the molecule is CCOCc1ccccc1NCc1ccc([N+](=O)[O-])s1. The molecule has 0 atom stereocenters. The molecule has 106 valence electrons. The Morgan fingerprint density at radius 2 is 2.10 bits per heavy atom. The molecule has 0 radical (unpaired) electrons. The lowest BCUT2D eigenvalue weighted by Gasteiger charge is -2.11. The van der Waals surface area contributed by atoms with Crippen molar-refractivity contribution >= 4 is 22.0 Å². The molecule has 2 aromatic rings. The van der Waals surface area contributed by atoms with Crippen molar-refractivity contribution in [2.75, 3.05) is 11.9 Å². The van der Waals surface area contributed by atoms with Gasteiger partial charge in [-0.05, 0) is 19.1 Å². The Balaban J connectivity index is 2.00. The fraction of sp³-hybridized carbons (Fsp3) is 0.286. The van der Waals surface area contributed by atoms with Crippen molar-refractivity contribution in [3.8, 4) is 0 Å². The number of ether oxygens (including phenoxy) is 1. The van der Waals surface area contributed by atoms with Crippen LogP contribution in [0.3, 0.4) is 0 Å². The Labute approximate surface area is 121 Å². The summed E-state index contributed by atoms with van der Waals surface area (Å²) in [5.74, 6) is 0. The zero-order chi connectivity index (χ0) is 14.4. The standard InChI is InChI=1S/C14H16N2O3S/c1-2-19-10-11-5-3-4-6-13(11)15-9-12-7-8-14(20-12)16(17)18/h3-8,15H,2,9-10H2,1H3. The van der Waals surface area contributed by atoms with E-state index in [1.165, 1.54) is 17.4 Å². The van der Waals surface area contributed by atoms with E-state index in [4.69, 9.17) is 4.74 Å². The van der Waals surface area contributed by atoms with E-state index in [9.17, 15) is 10.1 Å². The van der Waals surface area contributed by atoms with E-state index < -0.39 is 0 Å². The van der Waals surface area contributed by atoms with Gasteiger partial charge in [0.15, 0.2) is 0 Å². The zero-order valence-corrected chi connectivity index (χ0v) is 12.0. The molecule has 2 rings (SSSR count). The normalized spacial score (nSPS) is 10.4. The van der Waals surface area contributed by atoms with Crippen molar-refractivity contribution in [3.05, 3.63) is 57.0 Å². The third-order valence-electron chi connectivity index (χ3n) is 2.76. The van der Waals surface area contributed by atoms with Gasteiger partial charge in [0.2, 0.25) is 0 Å². The van der Waals surface area contributed by atoms with Gasteiger partial charge in [-0.1, -0.05) is 29.5 Å². The molecular formula is C14H16N2O3S. The van der Waals surface area contributed by atoms with Crippen LogP contribution in [-0.4, -0.2) is 11.5 Å². The zero-order valence-electron chi connectivity index (χ0n) is 11.2. The first kappa shape index (κ1) is 14.5. The Hall–Kier alpha value is -1.92. The van der Waals surface area contributed by atoms with Crippen LogP contribution >= 0.6 is 11.3 Å². The summed E-state index contributed by atoms with van der Waals surface area (Å²) in [7, 11) is 0. The third-order valence-corrected chi connectivity index (χ3v) is 3.80. The first-order valence-corrected chi connectivity index (χ1v) is 7.15. The second kappa shape index (κ2) is 7.02. The van der Waals surface area contributed by atoms with Crippen molar-refractivity contribution in [2.45, 2.75) is 20.1 Å². The van der Waals surface area contributed by atoms with Gasteiger partial charge in [-0.25, -0.2) is 0 Å². The van der Waals surface area contributed by atoms with Crippen LogP contribution in [-0.2, 0) is 17.9 Å². The summed E-state index contributed by atoms with van der Waals surface area (Å²) in [4.78, 5) is 11.2. The summed E-state index contributed by atoms with van der Waals surface area (Å²) in [6.07, 6.45) is 0. The lowest BCUT2D eigenvalue weighted by Crippen LogP contribution is -2.02. The van der Waals surface area contributed by atoms with Gasteiger partial charge in [0.1, 0.15) is 0 Å². The predicted octanol–water partition coefficient (Wildman–Crippen LogP) is 3.80. The second-order valence-corrected chi connectivity index (χ2v) is 5.29. The van der Waals surface area contributed by atoms with Crippen LogP contribution in [0.25, 0.3) is 0 Å². The minimum atomic E-state index is -0.364. The number of anilines is 1. The Kier molecular flexibility index (Phi) is 5.09. The predicted molar refractivity (Wildman–Crippen MR) is 80.1 cm³/mol. The first-order valence-electron chi connectivity index (χ1n) is 6.33. The minimum absolute atomic E-state index is 0.171. The summed E-state index contributed by atoms with van der Waals surface area (Å²) in [5, 5.41) is 14.1. The Bertz CT molecular complexity index is 583. The maximum absolute atomic E-state index is 10.6. The first-order chi connectivity index (χ1) is 9.70. The Morgan fingerprint density at radius 1 is 1.30 bits per heavy atom. The van der Waals surface area contributed by atoms with E-state index in [2.05, 4.69) is 5.32 Å². The Morgan fingerprint density at radius 3 is 2.80 bits per heavy atom. The third kappa shape index (κ3) is 3.79. The van der Waals surface area contributed by atoms with Gasteiger partial charge in [0.05, 0.1) is 11.5 Å². The fourth-order valence-corrected chi connectivity index (χ4v) is 2.53. The number of hydrogen-bond donors (Lipinski definition) is 1. The van der Waals surface area contributed by atoms with Gasteiger partial charge in [0.25, 0.3) is 0 Å². The van der Waals surface area contributed by atoms with Crippen molar-refractivity contribution in [3.63, 3.8) is 0 Å². The van der Waals surface area contributed by atoms with Gasteiger partial charge in [-0.2, -0.15) is 0 Å². The maximum Gasteiger partial charge on any atom is 0.324 e. The number of hydrogen-bond acceptors (Lipinski definition) is 5. The number of nitrogens with one attached hydrogen (secondary N) is 1. The van der Waals surface area contributed by atoms with E-state index >= 15 is 0 Å². The molecule has 1 aromatic carbocycles. The van der Waals surface area contributed by atoms with E-state index in [-0.39, 0.29) is 9.92 Å². The summed E-state index contributed by atoms with van der Waals surface area (Å²) >= 11 is 1.19. The largest absolute Gasteiger partial charge is 0.380 e. The van der Waals surface area contributed by atoms with Crippen molar-refractivity contribution in [1.82, 2.24) is 0 Å². The van der Waals surface area contributed by atoms with Crippen LogP contribution in [0.15, 0.2) is 36.4 Å². The lowest BCUT2D eigenvalue weighted by molar-refractivity contribution is -0.380. The van der Waals surface area contributed by atoms with Crippen LogP contribution in [0.1, 0.15) is 17.4 Å². The number of para-hydroxylation sites is 1. The second-order valence-electron chi connectivity index (χ2n) is 4.14. The molecule has 1 heterocycles. The van der Waals surface area contributed by atoms with Crippen LogP contribution in [0.2, 0.25) is 0 Å². The maximum atomic E-state index is 10.6. The number of nitro groups is 1. The van der Waals surface area contributed by atoms with Gasteiger partial charge < -0.3 is 10.1 Å². The van der Waals surface area contributed by atoms with E-state index in [0.717, 1.165) is 16.1 Å². The molecule has 0 spiro atoms. The van der Waals surface area contributed by atoms with Crippen molar-refractivity contribution in [2.24, 2.45) is 0 Å². The highest BCUT2D eigenvalue weighted by Crippen LogP contribution is 2.25. The van der Waals surface area contributed by atoms with Crippen LogP contribution in [0.5, 0.6) is 0 Å². The van der Waals surface area contributed by atoms with Gasteiger partial charge in [0, 0.05) is 35.3 Å². The molecule has 0 bridgehead atoms. The highest BCUT2D eigenvalue weighted by atomic mass is 32.1. The molecule has 1 N–H and O–H groups in total. The number of benzene rings is 1. The number of nitrogens with zero attached hydrogens (tertiary/aromatic N) is 1. The van der Waals surface area contributed by atoms with E-state index in [1.54, 1.807) is 6.07 Å². The number of rotatable bonds is 7. The molecule has 5 nitrogen and oxygen atoms in total. The average molecular weight is 292 g/mol. The summed E-state index contributed by atoms with van der Waals surface area (Å²) in [6.45, 7) is 3.76. The van der Waals surface area contributed by atoms with E-state index in [1.807, 2.05) is 31.2 Å². The van der Waals surface area contributed by atoms with Gasteiger partial charge >= 0.3 is 5.00 Å². The highest BCUT2D eigenvalue weighted by molar-refractivity contribution is 7.15. The van der Waals surface area contributed by atoms with Crippen molar-refractivity contribution in [1.29, 1.82) is 0 Å². The van der Waals surface area contributed by atoms with Crippen molar-refractivity contribution < 1.29 is 9.66 Å². The molecule has 0 aliphatic rings. The molecular weight excluding hydrogens is 276 g/mol. The molecule has 1 aromatic heterocycles. The topological polar surface area (TPSA) is 64.4 Å². The molecule has 0 amide bonds. The van der Waals surface area contributed by atoms with Gasteiger partial charge in [-0.15, -0.1) is 0 Å². The minimum Gasteiger partial charge on any atom is -0.380 e. The molecule has 0 aliphatic heterocycles. The van der Waals surface area contributed by atoms with Crippen LogP contribution in [0, 0.1) is 10.1 Å². The molecule has 0 saturated heterocycles. The highest BCUT2D eigenvalue weighted by Gasteiger charge is 2.09. The molecule has 0 aliphatic carbocycles. The fourth-order valence-electron chi connectivity index (χ4n) is 1.77. The monoisotopic (exact) mass is 292 g/mol. The molecule has 0 saturated carbocycles. The average Bonchev–Trinajstić information content (AvgIpc) is 2.93. The summed E-state index contributed by atoms with van der Waals surface area (Å²) in [6, 6.07) is 11.2. The molecule has 0 fully saturated rings. The smallest absolute Gasteiger partial charge is 0.324 e. The molecule has 0 unspecified atom stereocenters. The molecule has 6 heteroatoms. The number of thiophene rings is 1.